The molecule has 9 rings (SSSR count). The maximum atomic E-state index is 13.9. The first-order valence-electron chi connectivity index (χ1n) is 21.1. The Labute approximate surface area is 344 Å². The SMILES string of the molecule is COC(=O)N[C@H](C(=O)N1[C@@H]2C[C@@H]2C[C@H]1c1ncc(-c2ccc(-c3ccc(-c4cnc([C@@H]5C[C@H]6C[C@H]6N5C(=O)[C@@H](NC(=O)OC)C(C)C)[nH]4)c4c3CCC4)cc2)[nH]1)C(C)C. The van der Waals surface area contributed by atoms with E-state index < -0.39 is 24.3 Å². The summed E-state index contributed by atoms with van der Waals surface area (Å²) < 4.78 is 9.64. The number of methoxy groups -OCH3 is 2. The molecule has 0 unspecified atom stereocenters. The maximum absolute atomic E-state index is 13.9. The van der Waals surface area contributed by atoms with Gasteiger partial charge in [0.05, 0.1) is 50.1 Å². The summed E-state index contributed by atoms with van der Waals surface area (Å²) in [5.74, 6) is 2.08. The Morgan fingerprint density at radius 1 is 0.644 bits per heavy atom. The van der Waals surface area contributed by atoms with Crippen LogP contribution in [-0.2, 0) is 31.9 Å². The number of piperidine rings is 2. The van der Waals surface area contributed by atoms with Crippen molar-refractivity contribution in [3.8, 4) is 33.6 Å². The lowest BCUT2D eigenvalue weighted by Crippen LogP contribution is -2.52. The van der Waals surface area contributed by atoms with Crippen LogP contribution in [0, 0.1) is 23.7 Å². The van der Waals surface area contributed by atoms with E-state index in [1.165, 1.54) is 30.9 Å². The van der Waals surface area contributed by atoms with Gasteiger partial charge in [-0.2, -0.15) is 0 Å². The van der Waals surface area contributed by atoms with Gasteiger partial charge in [-0.25, -0.2) is 19.6 Å². The monoisotopic (exact) mass is 802 g/mol. The average Bonchev–Trinajstić information content (AvgIpc) is 3.71. The molecule has 0 spiro atoms. The standard InChI is InChI=1S/C45H54N8O6/c1-22(2)38(50-44(56)58-5)42(54)52-34-16-26(34)18-36(52)40-46-20-32(48-40)25-12-10-24(11-13-25)28-14-15-31(30-9-7-8-29(28)30)33-21-47-41(49-33)37-19-27-17-35(27)53(37)43(55)39(23(3)4)51-45(57)59-6/h10-15,20-23,26-27,34-39H,7-9,16-19H2,1-6H3,(H,46,48)(H,47,49)(H,50,56)(H,51,57)/t26-,27-,34-,35-,36+,37+,38+,39+/m1/s1. The van der Waals surface area contributed by atoms with E-state index >= 15 is 0 Å². The van der Waals surface area contributed by atoms with Crippen molar-refractivity contribution in [1.29, 1.82) is 0 Å². The molecule has 2 aliphatic heterocycles. The lowest BCUT2D eigenvalue weighted by Gasteiger charge is -2.31. The zero-order valence-electron chi connectivity index (χ0n) is 34.6. The zero-order valence-corrected chi connectivity index (χ0v) is 34.6. The highest BCUT2D eigenvalue weighted by atomic mass is 16.5. The summed E-state index contributed by atoms with van der Waals surface area (Å²) in [6.07, 6.45) is 9.26. The van der Waals surface area contributed by atoms with Crippen LogP contribution in [0.5, 0.6) is 0 Å². The van der Waals surface area contributed by atoms with E-state index in [-0.39, 0.29) is 47.8 Å². The summed E-state index contributed by atoms with van der Waals surface area (Å²) in [7, 11) is 2.62. The highest BCUT2D eigenvalue weighted by molar-refractivity contribution is 5.88. The smallest absolute Gasteiger partial charge is 0.407 e. The number of alkyl carbamates (subject to hydrolysis) is 2. The number of hydrogen-bond donors (Lipinski definition) is 4. The number of fused-ring (bicyclic) bond motifs is 3. The first-order chi connectivity index (χ1) is 28.4. The number of imidazole rings is 2. The summed E-state index contributed by atoms with van der Waals surface area (Å²) in [5.41, 5.74) is 9.06. The number of rotatable bonds is 11. The van der Waals surface area contributed by atoms with Crippen molar-refractivity contribution in [2.75, 3.05) is 14.2 Å². The van der Waals surface area contributed by atoms with Crippen LogP contribution < -0.4 is 10.6 Å². The third kappa shape index (κ3) is 7.03. The Morgan fingerprint density at radius 3 is 1.61 bits per heavy atom. The van der Waals surface area contributed by atoms with Crippen molar-refractivity contribution < 1.29 is 28.7 Å². The second-order valence-corrected chi connectivity index (χ2v) is 17.7. The Balaban J connectivity index is 0.916. The molecule has 2 saturated heterocycles. The Kier molecular flexibility index (Phi) is 9.99. The number of carbonyl (C=O) groups is 4. The summed E-state index contributed by atoms with van der Waals surface area (Å²) in [6.45, 7) is 7.72. The number of H-pyrrole nitrogens is 2. The predicted molar refractivity (Wildman–Crippen MR) is 220 cm³/mol. The largest absolute Gasteiger partial charge is 0.453 e. The number of aromatic amines is 2. The fourth-order valence-corrected chi connectivity index (χ4v) is 10.1. The molecule has 14 nitrogen and oxygen atoms in total. The molecule has 0 radical (unpaired) electrons. The Hall–Kier alpha value is -5.66. The molecule has 2 saturated carbocycles. The van der Waals surface area contributed by atoms with Crippen molar-refractivity contribution in [1.82, 2.24) is 40.4 Å². The number of benzene rings is 2. The number of nitrogens with one attached hydrogen (secondary N) is 4. The molecule has 59 heavy (non-hydrogen) atoms. The van der Waals surface area contributed by atoms with Crippen LogP contribution in [0.1, 0.15) is 94.7 Å². The van der Waals surface area contributed by atoms with Crippen LogP contribution >= 0.6 is 0 Å². The molecular weight excluding hydrogens is 749 g/mol. The Bertz CT molecular complexity index is 2280. The average molecular weight is 803 g/mol. The van der Waals surface area contributed by atoms with Gasteiger partial charge in [0.1, 0.15) is 23.7 Å². The molecule has 310 valence electrons. The molecule has 2 aromatic carbocycles. The molecule has 0 bridgehead atoms. The van der Waals surface area contributed by atoms with E-state index in [1.54, 1.807) is 0 Å². The molecule has 5 aliphatic rings. The summed E-state index contributed by atoms with van der Waals surface area (Å²) in [4.78, 5) is 72.6. The van der Waals surface area contributed by atoms with Gasteiger partial charge in [0, 0.05) is 17.6 Å². The number of nitrogens with zero attached hydrogens (tertiary/aromatic N) is 4. The molecule has 14 heteroatoms. The minimum absolute atomic E-state index is 0.0857. The molecule has 4 fully saturated rings. The van der Waals surface area contributed by atoms with Gasteiger partial charge < -0.3 is 39.9 Å². The van der Waals surface area contributed by atoms with Crippen LogP contribution in [0.2, 0.25) is 0 Å². The van der Waals surface area contributed by atoms with Gasteiger partial charge in [0.2, 0.25) is 11.8 Å². The topological polar surface area (TPSA) is 175 Å². The quantitative estimate of drug-likeness (QED) is 0.130. The van der Waals surface area contributed by atoms with E-state index in [4.69, 9.17) is 19.4 Å². The lowest BCUT2D eigenvalue weighted by molar-refractivity contribution is -0.137. The fourth-order valence-electron chi connectivity index (χ4n) is 10.1. The second kappa shape index (κ2) is 15.2. The molecular formula is C45H54N8O6. The van der Waals surface area contributed by atoms with Gasteiger partial charge in [-0.1, -0.05) is 64.1 Å². The van der Waals surface area contributed by atoms with Crippen molar-refractivity contribution in [3.05, 3.63) is 71.6 Å². The molecule has 4 aromatic rings. The third-order valence-electron chi connectivity index (χ3n) is 13.4. The van der Waals surface area contributed by atoms with Gasteiger partial charge in [-0.15, -0.1) is 0 Å². The zero-order chi connectivity index (χ0) is 41.3. The summed E-state index contributed by atoms with van der Waals surface area (Å²) in [6, 6.07) is 11.6. The number of likely N-dealkylation sites (tertiary alicyclic amines) is 2. The maximum Gasteiger partial charge on any atom is 0.407 e. The molecule has 4 heterocycles. The van der Waals surface area contributed by atoms with Crippen LogP contribution in [0.25, 0.3) is 33.6 Å². The van der Waals surface area contributed by atoms with Crippen molar-refractivity contribution >= 4 is 24.0 Å². The molecule has 8 atom stereocenters. The van der Waals surface area contributed by atoms with Gasteiger partial charge in [-0.3, -0.25) is 9.59 Å². The normalized spacial score (nSPS) is 24.7. The summed E-state index contributed by atoms with van der Waals surface area (Å²) >= 11 is 0. The first kappa shape index (κ1) is 38.8. The molecule has 4 N–H and O–H groups in total. The van der Waals surface area contributed by atoms with E-state index in [2.05, 4.69) is 57.0 Å². The molecule has 3 aliphatic carbocycles. The van der Waals surface area contributed by atoms with Gasteiger partial charge in [0.25, 0.3) is 0 Å². The number of aromatic nitrogens is 4. The van der Waals surface area contributed by atoms with Crippen LogP contribution in [0.15, 0.2) is 48.8 Å². The first-order valence-corrected chi connectivity index (χ1v) is 21.1. The van der Waals surface area contributed by atoms with Gasteiger partial charge in [0.15, 0.2) is 0 Å². The fraction of sp³-hybridized carbons (Fsp3) is 0.511. The predicted octanol–water partition coefficient (Wildman–Crippen LogP) is 6.71. The summed E-state index contributed by atoms with van der Waals surface area (Å²) in [5, 5.41) is 5.51. The van der Waals surface area contributed by atoms with E-state index in [9.17, 15) is 19.2 Å². The van der Waals surface area contributed by atoms with Crippen LogP contribution in [-0.4, -0.2) is 92.1 Å². The van der Waals surface area contributed by atoms with Crippen molar-refractivity contribution in [2.45, 2.75) is 109 Å². The van der Waals surface area contributed by atoms with Crippen LogP contribution in [0.4, 0.5) is 9.59 Å². The highest BCUT2D eigenvalue weighted by Gasteiger charge is 2.57. The van der Waals surface area contributed by atoms with Gasteiger partial charge >= 0.3 is 12.2 Å². The van der Waals surface area contributed by atoms with E-state index in [0.29, 0.717) is 11.8 Å². The number of carbonyl (C=O) groups excluding carboxylic acids is 4. The van der Waals surface area contributed by atoms with Crippen molar-refractivity contribution in [3.63, 3.8) is 0 Å². The molecule has 4 amide bonds. The minimum atomic E-state index is -0.675. The number of ether oxygens (including phenoxy) is 2. The van der Waals surface area contributed by atoms with E-state index in [0.717, 1.165) is 84.7 Å². The highest BCUT2D eigenvalue weighted by Crippen LogP contribution is 2.55. The number of hydrogen-bond acceptors (Lipinski definition) is 8. The van der Waals surface area contributed by atoms with Crippen molar-refractivity contribution in [2.24, 2.45) is 23.7 Å². The number of amides is 4. The minimum Gasteiger partial charge on any atom is -0.453 e. The molecule has 2 aromatic heterocycles. The third-order valence-corrected chi connectivity index (χ3v) is 13.4. The van der Waals surface area contributed by atoms with Crippen LogP contribution in [0.3, 0.4) is 0 Å². The van der Waals surface area contributed by atoms with E-state index in [1.807, 2.05) is 49.9 Å². The lowest BCUT2D eigenvalue weighted by atomic mass is 9.92. The Morgan fingerprint density at radius 2 is 1.10 bits per heavy atom. The van der Waals surface area contributed by atoms with Gasteiger partial charge in [-0.05, 0) is 96.4 Å². The second-order valence-electron chi connectivity index (χ2n) is 17.7.